The molecule has 3 nitrogen and oxygen atoms in total. The summed E-state index contributed by atoms with van der Waals surface area (Å²) in [6, 6.07) is 18.5. The van der Waals surface area contributed by atoms with E-state index < -0.39 is 0 Å². The lowest BCUT2D eigenvalue weighted by Gasteiger charge is -2.19. The number of benzene rings is 2. The van der Waals surface area contributed by atoms with Gasteiger partial charge in [-0.15, -0.1) is 11.3 Å². The van der Waals surface area contributed by atoms with Crippen molar-refractivity contribution in [2.24, 2.45) is 0 Å². The zero-order chi connectivity index (χ0) is 20.7. The van der Waals surface area contributed by atoms with Gasteiger partial charge in [-0.05, 0) is 55.4 Å². The number of aromatic nitrogens is 2. The fourth-order valence-electron chi connectivity index (χ4n) is 4.26. The van der Waals surface area contributed by atoms with Crippen LogP contribution in [0.25, 0.3) is 15.9 Å². The van der Waals surface area contributed by atoms with E-state index in [2.05, 4.69) is 38.1 Å². The number of hydrogen-bond donors (Lipinski definition) is 0. The molecule has 30 heavy (non-hydrogen) atoms. The van der Waals surface area contributed by atoms with Gasteiger partial charge in [-0.25, -0.2) is 4.98 Å². The van der Waals surface area contributed by atoms with Gasteiger partial charge >= 0.3 is 0 Å². The second-order valence-corrected chi connectivity index (χ2v) is 10.1. The van der Waals surface area contributed by atoms with Gasteiger partial charge in [0, 0.05) is 10.6 Å². The smallest absolute Gasteiger partial charge is 0.267 e. The van der Waals surface area contributed by atoms with Crippen molar-refractivity contribution in [3.8, 4) is 5.69 Å². The van der Waals surface area contributed by atoms with Gasteiger partial charge in [0.05, 0.1) is 11.1 Å². The first kappa shape index (κ1) is 19.6. The highest BCUT2D eigenvalue weighted by molar-refractivity contribution is 7.98. The maximum Gasteiger partial charge on any atom is 0.267 e. The van der Waals surface area contributed by atoms with Gasteiger partial charge in [0.15, 0.2) is 5.16 Å². The molecule has 1 aliphatic rings. The average molecular weight is 433 g/mol. The minimum Gasteiger partial charge on any atom is -0.268 e. The SMILES string of the molecule is Cc1ccc(-n2c(SCc3ccccc3)nc3sc4c(c3c2=O)[C@H](C)CCC4)cc1. The van der Waals surface area contributed by atoms with Crippen LogP contribution in [0.3, 0.4) is 0 Å². The molecule has 0 bridgehead atoms. The molecule has 0 unspecified atom stereocenters. The van der Waals surface area contributed by atoms with Crippen molar-refractivity contribution < 1.29 is 0 Å². The number of thiophene rings is 1. The second-order valence-electron chi connectivity index (χ2n) is 8.06. The molecular weight excluding hydrogens is 408 g/mol. The van der Waals surface area contributed by atoms with Crippen molar-refractivity contribution in [3.05, 3.63) is 86.5 Å². The molecule has 5 heteroatoms. The molecule has 2 aromatic heterocycles. The fraction of sp³-hybridized carbons (Fsp3) is 0.280. The molecular formula is C25H24N2OS2. The highest BCUT2D eigenvalue weighted by Crippen LogP contribution is 2.41. The number of aryl methyl sites for hydroxylation is 2. The fourth-order valence-corrected chi connectivity index (χ4v) is 6.60. The van der Waals surface area contributed by atoms with E-state index in [1.807, 2.05) is 34.9 Å². The van der Waals surface area contributed by atoms with Crippen LogP contribution in [0.4, 0.5) is 0 Å². The summed E-state index contributed by atoms with van der Waals surface area (Å²) >= 11 is 3.36. The van der Waals surface area contributed by atoms with Crippen LogP contribution in [0.2, 0.25) is 0 Å². The first-order chi connectivity index (χ1) is 14.6. The Kier molecular flexibility index (Phi) is 5.25. The lowest BCUT2D eigenvalue weighted by Crippen LogP contribution is -2.22. The van der Waals surface area contributed by atoms with Crippen molar-refractivity contribution in [2.45, 2.75) is 49.9 Å². The molecule has 0 spiro atoms. The molecule has 4 aromatic rings. The highest BCUT2D eigenvalue weighted by atomic mass is 32.2. The molecule has 0 N–H and O–H groups in total. The molecule has 1 aliphatic carbocycles. The Morgan fingerprint density at radius 2 is 1.90 bits per heavy atom. The van der Waals surface area contributed by atoms with Crippen molar-refractivity contribution in [2.75, 3.05) is 0 Å². The molecule has 0 amide bonds. The van der Waals surface area contributed by atoms with Crippen LogP contribution < -0.4 is 5.56 Å². The summed E-state index contributed by atoms with van der Waals surface area (Å²) in [5, 5.41) is 1.61. The van der Waals surface area contributed by atoms with Crippen LogP contribution in [0.5, 0.6) is 0 Å². The standard InChI is InChI=1S/C25H24N2OS2/c1-16-11-13-19(14-12-16)27-24(28)22-21-17(2)7-6-10-20(21)30-23(22)26-25(27)29-15-18-8-4-3-5-9-18/h3-5,8-9,11-14,17H,6-7,10,15H2,1-2H3/t17-/m1/s1. The topological polar surface area (TPSA) is 34.9 Å². The summed E-state index contributed by atoms with van der Waals surface area (Å²) < 4.78 is 1.82. The Bertz CT molecular complexity index is 1260. The largest absolute Gasteiger partial charge is 0.268 e. The van der Waals surface area contributed by atoms with Gasteiger partial charge in [0.2, 0.25) is 0 Å². The Morgan fingerprint density at radius 1 is 1.13 bits per heavy atom. The third-order valence-corrected chi connectivity index (χ3v) is 8.01. The maximum absolute atomic E-state index is 13.8. The molecule has 0 saturated carbocycles. The number of nitrogens with zero attached hydrogens (tertiary/aromatic N) is 2. The van der Waals surface area contributed by atoms with Gasteiger partial charge in [-0.3, -0.25) is 9.36 Å². The van der Waals surface area contributed by atoms with Gasteiger partial charge < -0.3 is 0 Å². The lowest BCUT2D eigenvalue weighted by atomic mass is 9.88. The van der Waals surface area contributed by atoms with Crippen LogP contribution in [0, 0.1) is 6.92 Å². The minimum atomic E-state index is 0.0747. The van der Waals surface area contributed by atoms with E-state index in [-0.39, 0.29) is 5.56 Å². The van der Waals surface area contributed by atoms with E-state index in [1.54, 1.807) is 23.1 Å². The summed E-state index contributed by atoms with van der Waals surface area (Å²) in [5.74, 6) is 1.21. The van der Waals surface area contributed by atoms with E-state index in [0.29, 0.717) is 5.92 Å². The molecule has 152 valence electrons. The molecule has 0 radical (unpaired) electrons. The highest BCUT2D eigenvalue weighted by Gasteiger charge is 2.26. The number of fused-ring (bicyclic) bond motifs is 3. The molecule has 5 rings (SSSR count). The average Bonchev–Trinajstić information content (AvgIpc) is 3.14. The predicted molar refractivity (Wildman–Crippen MR) is 127 cm³/mol. The normalized spacial score (nSPS) is 16.0. The summed E-state index contributed by atoms with van der Waals surface area (Å²) in [6.07, 6.45) is 3.41. The van der Waals surface area contributed by atoms with E-state index in [4.69, 9.17) is 4.98 Å². The maximum atomic E-state index is 13.8. The Morgan fingerprint density at radius 3 is 2.67 bits per heavy atom. The molecule has 2 aromatic carbocycles. The summed E-state index contributed by atoms with van der Waals surface area (Å²) in [7, 11) is 0. The van der Waals surface area contributed by atoms with Crippen LogP contribution in [-0.4, -0.2) is 9.55 Å². The summed E-state index contributed by atoms with van der Waals surface area (Å²) in [6.45, 7) is 4.31. The van der Waals surface area contributed by atoms with Crippen LogP contribution in [-0.2, 0) is 12.2 Å². The third-order valence-electron chi connectivity index (χ3n) is 5.85. The molecule has 0 fully saturated rings. The van der Waals surface area contributed by atoms with Gasteiger partial charge in [-0.1, -0.05) is 66.7 Å². The first-order valence-corrected chi connectivity index (χ1v) is 12.2. The van der Waals surface area contributed by atoms with E-state index >= 15 is 0 Å². The minimum absolute atomic E-state index is 0.0747. The quantitative estimate of drug-likeness (QED) is 0.273. The monoisotopic (exact) mass is 432 g/mol. The zero-order valence-corrected chi connectivity index (χ0v) is 18.9. The Labute approximate surface area is 184 Å². The van der Waals surface area contributed by atoms with Crippen molar-refractivity contribution in [1.29, 1.82) is 0 Å². The zero-order valence-electron chi connectivity index (χ0n) is 17.2. The van der Waals surface area contributed by atoms with Crippen LogP contribution >= 0.6 is 23.1 Å². The van der Waals surface area contributed by atoms with Gasteiger partial charge in [0.25, 0.3) is 5.56 Å². The van der Waals surface area contributed by atoms with Crippen molar-refractivity contribution in [1.82, 2.24) is 9.55 Å². The summed E-state index contributed by atoms with van der Waals surface area (Å²) in [5.41, 5.74) is 4.62. The summed E-state index contributed by atoms with van der Waals surface area (Å²) in [4.78, 5) is 21.1. The Hall–Kier alpha value is -2.37. The van der Waals surface area contributed by atoms with E-state index in [0.717, 1.165) is 39.7 Å². The van der Waals surface area contributed by atoms with Crippen LogP contribution in [0.1, 0.15) is 47.3 Å². The number of thioether (sulfide) groups is 1. The van der Waals surface area contributed by atoms with E-state index in [9.17, 15) is 4.79 Å². The number of rotatable bonds is 4. The Balaban J connectivity index is 1.70. The van der Waals surface area contributed by atoms with Gasteiger partial charge in [-0.2, -0.15) is 0 Å². The molecule has 0 saturated heterocycles. The molecule has 0 aliphatic heterocycles. The van der Waals surface area contributed by atoms with E-state index in [1.165, 1.54) is 28.0 Å². The van der Waals surface area contributed by atoms with Crippen molar-refractivity contribution in [3.63, 3.8) is 0 Å². The first-order valence-electron chi connectivity index (χ1n) is 10.4. The molecule has 2 heterocycles. The predicted octanol–water partition coefficient (Wildman–Crippen LogP) is 6.49. The second kappa shape index (κ2) is 8.05. The molecule has 1 atom stereocenters. The van der Waals surface area contributed by atoms with Crippen LogP contribution in [0.15, 0.2) is 64.5 Å². The van der Waals surface area contributed by atoms with Gasteiger partial charge in [0.1, 0.15) is 4.83 Å². The number of hydrogen-bond acceptors (Lipinski definition) is 4. The third kappa shape index (κ3) is 3.50. The lowest BCUT2D eigenvalue weighted by molar-refractivity contribution is 0.601. The van der Waals surface area contributed by atoms with Crippen molar-refractivity contribution >= 4 is 33.3 Å².